The molecule has 0 aliphatic carbocycles. The van der Waals surface area contributed by atoms with Crippen molar-refractivity contribution in [2.24, 2.45) is 5.10 Å². The molecule has 114 valence electrons. The summed E-state index contributed by atoms with van der Waals surface area (Å²) in [7, 11) is 0. The molecule has 1 aliphatic heterocycles. The number of hydrazone groups is 1. The number of rotatable bonds is 4. The molecule has 1 N–H and O–H groups in total. The van der Waals surface area contributed by atoms with Crippen molar-refractivity contribution in [2.75, 3.05) is 6.79 Å². The van der Waals surface area contributed by atoms with Gasteiger partial charge in [0.2, 0.25) is 12.7 Å². The van der Waals surface area contributed by atoms with Crippen LogP contribution < -0.4 is 14.9 Å². The van der Waals surface area contributed by atoms with Gasteiger partial charge in [0.05, 0.1) is 22.8 Å². The molecule has 0 bridgehead atoms. The summed E-state index contributed by atoms with van der Waals surface area (Å²) in [5.74, 6) is 1.22. The second-order valence-electron chi connectivity index (χ2n) is 4.83. The minimum absolute atomic E-state index is 0.189. The lowest BCUT2D eigenvalue weighted by Gasteiger charge is -2.03. The van der Waals surface area contributed by atoms with Gasteiger partial charge in [-0.1, -0.05) is 0 Å². The third kappa shape index (κ3) is 3.25. The largest absolute Gasteiger partial charge is 0.454 e. The summed E-state index contributed by atoms with van der Waals surface area (Å²) in [5, 5.41) is 6.94. The van der Waals surface area contributed by atoms with E-state index in [1.165, 1.54) is 11.3 Å². The number of amides is 1. The van der Waals surface area contributed by atoms with Crippen LogP contribution in [-0.4, -0.2) is 23.4 Å². The van der Waals surface area contributed by atoms with Gasteiger partial charge in [-0.15, -0.1) is 11.3 Å². The first-order valence-electron chi connectivity index (χ1n) is 6.76. The summed E-state index contributed by atoms with van der Waals surface area (Å²) >= 11 is 1.53. The molecule has 0 fully saturated rings. The van der Waals surface area contributed by atoms with E-state index in [-0.39, 0.29) is 19.1 Å². The van der Waals surface area contributed by atoms with Crippen LogP contribution in [0.4, 0.5) is 0 Å². The molecule has 0 atom stereocenters. The molecule has 2 aromatic rings. The average molecular weight is 317 g/mol. The lowest BCUT2D eigenvalue weighted by molar-refractivity contribution is -0.120. The zero-order valence-electron chi connectivity index (χ0n) is 12.3. The van der Waals surface area contributed by atoms with Gasteiger partial charge in [-0.2, -0.15) is 5.10 Å². The smallest absolute Gasteiger partial charge is 0.246 e. The van der Waals surface area contributed by atoms with Gasteiger partial charge in [-0.05, 0) is 32.0 Å². The molecule has 6 nitrogen and oxygen atoms in total. The predicted octanol–water partition coefficient (Wildman–Crippen LogP) is 2.26. The highest BCUT2D eigenvalue weighted by atomic mass is 32.1. The van der Waals surface area contributed by atoms with Crippen LogP contribution >= 0.6 is 11.3 Å². The first kappa shape index (κ1) is 14.5. The van der Waals surface area contributed by atoms with Gasteiger partial charge >= 0.3 is 0 Å². The fraction of sp³-hybridized carbons (Fsp3) is 0.267. The minimum Gasteiger partial charge on any atom is -0.454 e. The Morgan fingerprint density at radius 3 is 3.00 bits per heavy atom. The summed E-state index contributed by atoms with van der Waals surface area (Å²) in [6.07, 6.45) is 0.224. The van der Waals surface area contributed by atoms with Crippen molar-refractivity contribution in [3.05, 3.63) is 39.8 Å². The lowest BCUT2D eigenvalue weighted by atomic mass is 10.1. The van der Waals surface area contributed by atoms with Crippen molar-refractivity contribution < 1.29 is 14.3 Å². The summed E-state index contributed by atoms with van der Waals surface area (Å²) in [6.45, 7) is 3.97. The van der Waals surface area contributed by atoms with Crippen molar-refractivity contribution in [1.29, 1.82) is 0 Å². The van der Waals surface area contributed by atoms with Crippen molar-refractivity contribution in [3.8, 4) is 11.5 Å². The predicted molar refractivity (Wildman–Crippen MR) is 83.5 cm³/mol. The Kier molecular flexibility index (Phi) is 4.06. The van der Waals surface area contributed by atoms with Gasteiger partial charge in [-0.25, -0.2) is 10.4 Å². The summed E-state index contributed by atoms with van der Waals surface area (Å²) < 4.78 is 10.6. The molecule has 7 heteroatoms. The van der Waals surface area contributed by atoms with E-state index in [0.717, 1.165) is 22.0 Å². The van der Waals surface area contributed by atoms with Crippen molar-refractivity contribution in [3.63, 3.8) is 0 Å². The van der Waals surface area contributed by atoms with Crippen molar-refractivity contribution in [1.82, 2.24) is 10.4 Å². The monoisotopic (exact) mass is 317 g/mol. The van der Waals surface area contributed by atoms with Crippen molar-refractivity contribution in [2.45, 2.75) is 20.3 Å². The van der Waals surface area contributed by atoms with Gasteiger partial charge in [0.1, 0.15) is 0 Å². The van der Waals surface area contributed by atoms with Crippen LogP contribution in [0.5, 0.6) is 11.5 Å². The number of carbonyl (C=O) groups excluding carboxylic acids is 1. The van der Waals surface area contributed by atoms with Crippen LogP contribution in [0.3, 0.4) is 0 Å². The standard InChI is InChI=1S/C15H15N3O3S/c1-9(11-3-4-13-14(5-11)21-8-20-13)17-18-15(19)6-12-7-22-10(2)16-12/h3-5,7H,6,8H2,1-2H3,(H,18,19). The van der Waals surface area contributed by atoms with Crippen molar-refractivity contribution >= 4 is 23.0 Å². The number of aryl methyl sites for hydroxylation is 1. The summed E-state index contributed by atoms with van der Waals surface area (Å²) in [6, 6.07) is 5.55. The number of hydrogen-bond donors (Lipinski definition) is 1. The maximum Gasteiger partial charge on any atom is 0.246 e. The number of carbonyl (C=O) groups is 1. The Morgan fingerprint density at radius 2 is 2.23 bits per heavy atom. The quantitative estimate of drug-likeness (QED) is 0.693. The van der Waals surface area contributed by atoms with Gasteiger partial charge in [0.15, 0.2) is 11.5 Å². The number of thiazole rings is 1. The fourth-order valence-electron chi connectivity index (χ4n) is 2.03. The molecule has 2 heterocycles. The topological polar surface area (TPSA) is 72.8 Å². The van der Waals surface area contributed by atoms with Crippen LogP contribution in [-0.2, 0) is 11.2 Å². The summed E-state index contributed by atoms with van der Waals surface area (Å²) in [4.78, 5) is 16.1. The zero-order chi connectivity index (χ0) is 15.5. The molecule has 0 radical (unpaired) electrons. The van der Waals surface area contributed by atoms with Gasteiger partial charge in [0, 0.05) is 10.9 Å². The highest BCUT2D eigenvalue weighted by Gasteiger charge is 2.14. The molecule has 0 unspecified atom stereocenters. The zero-order valence-corrected chi connectivity index (χ0v) is 13.1. The third-order valence-electron chi connectivity index (χ3n) is 3.15. The highest BCUT2D eigenvalue weighted by Crippen LogP contribution is 2.32. The minimum atomic E-state index is -0.189. The van der Waals surface area contributed by atoms with Crippen LogP contribution in [0.15, 0.2) is 28.7 Å². The van der Waals surface area contributed by atoms with E-state index >= 15 is 0 Å². The number of hydrogen-bond acceptors (Lipinski definition) is 6. The molecular formula is C15H15N3O3S. The Balaban J connectivity index is 1.63. The number of nitrogens with zero attached hydrogens (tertiary/aromatic N) is 2. The molecular weight excluding hydrogens is 302 g/mol. The number of nitrogens with one attached hydrogen (secondary N) is 1. The maximum absolute atomic E-state index is 11.8. The van der Waals surface area contributed by atoms with E-state index in [9.17, 15) is 4.79 Å². The average Bonchev–Trinajstić information content (AvgIpc) is 3.12. The van der Waals surface area contributed by atoms with Crippen LogP contribution in [0.25, 0.3) is 0 Å². The van der Waals surface area contributed by atoms with E-state index in [0.29, 0.717) is 11.5 Å². The SMILES string of the molecule is CC(=NNC(=O)Cc1csc(C)n1)c1ccc2c(c1)OCO2. The first-order valence-corrected chi connectivity index (χ1v) is 7.64. The second kappa shape index (κ2) is 6.15. The molecule has 0 spiro atoms. The van der Waals surface area contributed by atoms with E-state index in [1.54, 1.807) is 0 Å². The summed E-state index contributed by atoms with van der Waals surface area (Å²) in [5.41, 5.74) is 4.87. The van der Waals surface area contributed by atoms with E-state index in [2.05, 4.69) is 15.5 Å². The lowest BCUT2D eigenvalue weighted by Crippen LogP contribution is -2.21. The first-order chi connectivity index (χ1) is 10.6. The van der Waals surface area contributed by atoms with Crippen LogP contribution in [0, 0.1) is 6.92 Å². The van der Waals surface area contributed by atoms with Gasteiger partial charge in [-0.3, -0.25) is 4.79 Å². The number of benzene rings is 1. The molecule has 3 rings (SSSR count). The van der Waals surface area contributed by atoms with Gasteiger partial charge in [0.25, 0.3) is 0 Å². The van der Waals surface area contributed by atoms with E-state index in [4.69, 9.17) is 9.47 Å². The maximum atomic E-state index is 11.8. The van der Waals surface area contributed by atoms with E-state index in [1.807, 2.05) is 37.4 Å². The fourth-order valence-corrected chi connectivity index (χ4v) is 2.64. The number of aromatic nitrogens is 1. The molecule has 0 saturated carbocycles. The number of fused-ring (bicyclic) bond motifs is 1. The molecule has 1 aromatic heterocycles. The Morgan fingerprint density at radius 1 is 1.41 bits per heavy atom. The Labute approximate surface area is 131 Å². The molecule has 1 aliphatic rings. The molecule has 1 aromatic carbocycles. The third-order valence-corrected chi connectivity index (χ3v) is 3.97. The Hall–Kier alpha value is -2.41. The Bertz CT molecular complexity index is 739. The molecule has 22 heavy (non-hydrogen) atoms. The highest BCUT2D eigenvalue weighted by molar-refractivity contribution is 7.09. The molecule has 0 saturated heterocycles. The second-order valence-corrected chi connectivity index (χ2v) is 5.90. The van der Waals surface area contributed by atoms with Crippen LogP contribution in [0.1, 0.15) is 23.2 Å². The van der Waals surface area contributed by atoms with Crippen LogP contribution in [0.2, 0.25) is 0 Å². The normalized spacial score (nSPS) is 13.3. The van der Waals surface area contributed by atoms with Gasteiger partial charge < -0.3 is 9.47 Å². The number of ether oxygens (including phenoxy) is 2. The molecule has 1 amide bonds. The van der Waals surface area contributed by atoms with E-state index < -0.39 is 0 Å².